The van der Waals surface area contributed by atoms with E-state index in [9.17, 15) is 0 Å². The van der Waals surface area contributed by atoms with Crippen LogP contribution >= 0.6 is 11.8 Å². The zero-order valence-corrected chi connectivity index (χ0v) is 12.2. The molecule has 1 aromatic carbocycles. The summed E-state index contributed by atoms with van der Waals surface area (Å²) in [5.41, 5.74) is 7.90. The molecular formula is C15H19N3OS. The molecule has 2 N–H and O–H groups in total. The van der Waals surface area contributed by atoms with Gasteiger partial charge in [0.05, 0.1) is 5.25 Å². The standard InChI is InChI=1S/C15H19N3OS/c16-12-6-2-1-5-11(12)8-9-14-17-15(18-19-14)13-7-3-4-10-20-13/h1-2,5-6,13H,3-4,7-10,16H2. The van der Waals surface area contributed by atoms with Gasteiger partial charge in [-0.15, -0.1) is 0 Å². The van der Waals surface area contributed by atoms with Crippen molar-refractivity contribution < 1.29 is 4.52 Å². The highest BCUT2D eigenvalue weighted by Gasteiger charge is 2.21. The highest BCUT2D eigenvalue weighted by molar-refractivity contribution is 7.99. The molecule has 0 bridgehead atoms. The Kier molecular flexibility index (Phi) is 4.25. The summed E-state index contributed by atoms with van der Waals surface area (Å²) in [6, 6.07) is 7.92. The second kappa shape index (κ2) is 6.31. The maximum absolute atomic E-state index is 5.94. The summed E-state index contributed by atoms with van der Waals surface area (Å²) in [5, 5.41) is 4.56. The van der Waals surface area contributed by atoms with Gasteiger partial charge in [0.1, 0.15) is 0 Å². The van der Waals surface area contributed by atoms with Gasteiger partial charge in [0, 0.05) is 12.1 Å². The largest absolute Gasteiger partial charge is 0.399 e. The molecular weight excluding hydrogens is 270 g/mol. The molecule has 1 aliphatic rings. The average Bonchev–Trinajstić information content (AvgIpc) is 2.96. The number of hydrogen-bond acceptors (Lipinski definition) is 5. The van der Waals surface area contributed by atoms with Gasteiger partial charge in [0.25, 0.3) is 0 Å². The van der Waals surface area contributed by atoms with Crippen LogP contribution in [0.25, 0.3) is 0 Å². The number of para-hydroxylation sites is 1. The van der Waals surface area contributed by atoms with Crippen LogP contribution in [0.5, 0.6) is 0 Å². The second-order valence-electron chi connectivity index (χ2n) is 5.10. The Morgan fingerprint density at radius 3 is 2.95 bits per heavy atom. The van der Waals surface area contributed by atoms with Crippen molar-refractivity contribution in [1.82, 2.24) is 10.1 Å². The molecule has 1 fully saturated rings. The number of nitrogens with zero attached hydrogens (tertiary/aromatic N) is 2. The Morgan fingerprint density at radius 1 is 1.25 bits per heavy atom. The molecule has 1 saturated heterocycles. The van der Waals surface area contributed by atoms with E-state index in [0.29, 0.717) is 5.25 Å². The van der Waals surface area contributed by atoms with E-state index in [1.165, 1.54) is 18.6 Å². The van der Waals surface area contributed by atoms with Gasteiger partial charge in [-0.25, -0.2) is 0 Å². The molecule has 3 rings (SSSR count). The number of rotatable bonds is 4. The fourth-order valence-electron chi connectivity index (χ4n) is 2.45. The van der Waals surface area contributed by atoms with Crippen LogP contribution in [0.1, 0.15) is 41.8 Å². The number of aryl methyl sites for hydroxylation is 2. The average molecular weight is 289 g/mol. The summed E-state index contributed by atoms with van der Waals surface area (Å²) >= 11 is 1.94. The minimum atomic E-state index is 0.419. The maximum atomic E-state index is 5.94. The molecule has 0 radical (unpaired) electrons. The Labute approximate surface area is 123 Å². The molecule has 1 atom stereocenters. The van der Waals surface area contributed by atoms with E-state index in [4.69, 9.17) is 10.3 Å². The number of thioether (sulfide) groups is 1. The molecule has 20 heavy (non-hydrogen) atoms. The van der Waals surface area contributed by atoms with E-state index in [-0.39, 0.29) is 0 Å². The summed E-state index contributed by atoms with van der Waals surface area (Å²) in [5.74, 6) is 2.79. The Morgan fingerprint density at radius 2 is 2.15 bits per heavy atom. The van der Waals surface area contributed by atoms with Gasteiger partial charge in [-0.3, -0.25) is 0 Å². The summed E-state index contributed by atoms with van der Waals surface area (Å²) in [6.07, 6.45) is 5.32. The Bertz CT molecular complexity index is 564. The molecule has 4 nitrogen and oxygen atoms in total. The van der Waals surface area contributed by atoms with Crippen LogP contribution in [-0.2, 0) is 12.8 Å². The number of anilines is 1. The lowest BCUT2D eigenvalue weighted by atomic mass is 10.1. The Hall–Kier alpha value is -1.49. The van der Waals surface area contributed by atoms with E-state index in [2.05, 4.69) is 10.1 Å². The van der Waals surface area contributed by atoms with Crippen molar-refractivity contribution in [1.29, 1.82) is 0 Å². The fraction of sp³-hybridized carbons (Fsp3) is 0.467. The monoisotopic (exact) mass is 289 g/mol. The quantitative estimate of drug-likeness (QED) is 0.874. The van der Waals surface area contributed by atoms with Crippen LogP contribution in [-0.4, -0.2) is 15.9 Å². The number of aromatic nitrogens is 2. The summed E-state index contributed by atoms with van der Waals surface area (Å²) in [4.78, 5) is 4.54. The molecule has 1 aromatic heterocycles. The molecule has 0 aliphatic carbocycles. The number of nitrogen functional groups attached to an aromatic ring is 1. The lowest BCUT2D eigenvalue weighted by molar-refractivity contribution is 0.372. The molecule has 2 heterocycles. The summed E-state index contributed by atoms with van der Waals surface area (Å²) < 4.78 is 5.36. The van der Waals surface area contributed by atoms with Crippen molar-refractivity contribution in [2.24, 2.45) is 0 Å². The van der Waals surface area contributed by atoms with E-state index >= 15 is 0 Å². The number of hydrogen-bond donors (Lipinski definition) is 1. The van der Waals surface area contributed by atoms with Gasteiger partial charge in [0.15, 0.2) is 5.82 Å². The van der Waals surface area contributed by atoms with E-state index in [1.807, 2.05) is 36.0 Å². The maximum Gasteiger partial charge on any atom is 0.227 e. The smallest absolute Gasteiger partial charge is 0.227 e. The van der Waals surface area contributed by atoms with Gasteiger partial charge >= 0.3 is 0 Å². The highest BCUT2D eigenvalue weighted by Crippen LogP contribution is 2.36. The van der Waals surface area contributed by atoms with Crippen molar-refractivity contribution >= 4 is 17.4 Å². The zero-order chi connectivity index (χ0) is 13.8. The highest BCUT2D eigenvalue weighted by atomic mass is 32.2. The van der Waals surface area contributed by atoms with Crippen molar-refractivity contribution in [2.45, 2.75) is 37.4 Å². The normalized spacial score (nSPS) is 19.1. The lowest BCUT2D eigenvalue weighted by Crippen LogP contribution is -2.04. The van der Waals surface area contributed by atoms with Gasteiger partial charge in [-0.05, 0) is 36.6 Å². The van der Waals surface area contributed by atoms with E-state index in [1.54, 1.807) is 0 Å². The van der Waals surface area contributed by atoms with E-state index in [0.717, 1.165) is 42.2 Å². The molecule has 1 aliphatic heterocycles. The summed E-state index contributed by atoms with van der Waals surface area (Å²) in [6.45, 7) is 0. The third kappa shape index (κ3) is 3.15. The van der Waals surface area contributed by atoms with E-state index < -0.39 is 0 Å². The molecule has 0 saturated carbocycles. The third-order valence-corrected chi connectivity index (χ3v) is 4.99. The van der Waals surface area contributed by atoms with Gasteiger partial charge in [-0.1, -0.05) is 29.8 Å². The third-order valence-electron chi connectivity index (χ3n) is 3.61. The van der Waals surface area contributed by atoms with Gasteiger partial charge in [-0.2, -0.15) is 16.7 Å². The number of nitrogens with two attached hydrogens (primary N) is 1. The minimum absolute atomic E-state index is 0.419. The first kappa shape index (κ1) is 13.5. The van der Waals surface area contributed by atoms with Crippen LogP contribution in [0.3, 0.4) is 0 Å². The molecule has 5 heteroatoms. The zero-order valence-electron chi connectivity index (χ0n) is 11.4. The SMILES string of the molecule is Nc1ccccc1CCc1nc(C2CCCCS2)no1. The molecule has 0 spiro atoms. The molecule has 1 unspecified atom stereocenters. The van der Waals surface area contributed by atoms with Crippen LogP contribution in [0.15, 0.2) is 28.8 Å². The van der Waals surface area contributed by atoms with Gasteiger partial charge < -0.3 is 10.3 Å². The Balaban J connectivity index is 1.61. The second-order valence-corrected chi connectivity index (χ2v) is 6.41. The predicted octanol–water partition coefficient (Wildman–Crippen LogP) is 3.40. The lowest BCUT2D eigenvalue weighted by Gasteiger charge is -2.17. The van der Waals surface area contributed by atoms with Crippen molar-refractivity contribution in [3.05, 3.63) is 41.5 Å². The predicted molar refractivity (Wildman–Crippen MR) is 81.6 cm³/mol. The fourth-order valence-corrected chi connectivity index (χ4v) is 3.68. The first-order valence-electron chi connectivity index (χ1n) is 7.10. The minimum Gasteiger partial charge on any atom is -0.399 e. The number of benzene rings is 1. The summed E-state index contributed by atoms with van der Waals surface area (Å²) in [7, 11) is 0. The van der Waals surface area contributed by atoms with Crippen LogP contribution in [0.4, 0.5) is 5.69 Å². The van der Waals surface area contributed by atoms with Gasteiger partial charge in [0.2, 0.25) is 5.89 Å². The van der Waals surface area contributed by atoms with Crippen molar-refractivity contribution in [2.75, 3.05) is 11.5 Å². The first-order chi connectivity index (χ1) is 9.83. The molecule has 2 aromatic rings. The van der Waals surface area contributed by atoms with Crippen LogP contribution in [0, 0.1) is 0 Å². The van der Waals surface area contributed by atoms with Crippen molar-refractivity contribution in [3.63, 3.8) is 0 Å². The topological polar surface area (TPSA) is 64.9 Å². The van der Waals surface area contributed by atoms with Crippen LogP contribution in [0.2, 0.25) is 0 Å². The van der Waals surface area contributed by atoms with Crippen molar-refractivity contribution in [3.8, 4) is 0 Å². The first-order valence-corrected chi connectivity index (χ1v) is 8.15. The van der Waals surface area contributed by atoms with Crippen LogP contribution < -0.4 is 5.73 Å². The molecule has 106 valence electrons. The molecule has 0 amide bonds.